The Morgan fingerprint density at radius 3 is 2.57 bits per heavy atom. The molecule has 0 bridgehead atoms. The number of ether oxygens (including phenoxy) is 1. The number of halogens is 1. The van der Waals surface area contributed by atoms with Gasteiger partial charge in [0.25, 0.3) is 5.91 Å². The van der Waals surface area contributed by atoms with Crippen molar-refractivity contribution in [2.45, 2.75) is 0 Å². The van der Waals surface area contributed by atoms with Crippen LogP contribution in [0.1, 0.15) is 10.4 Å². The van der Waals surface area contributed by atoms with Gasteiger partial charge in [-0.05, 0) is 30.3 Å². The van der Waals surface area contributed by atoms with Gasteiger partial charge in [-0.25, -0.2) is 0 Å². The Kier molecular flexibility index (Phi) is 4.70. The summed E-state index contributed by atoms with van der Waals surface area (Å²) in [6.07, 6.45) is 0. The standard InChI is InChI=1S/C16H17ClN2O2/c1-19(2)14-7-5-4-6-13(14)18-16(20)12-10-11(17)8-9-15(12)21-3/h4-10H,1-3H3,(H,18,20). The molecule has 0 unspecified atom stereocenters. The molecule has 0 aliphatic heterocycles. The summed E-state index contributed by atoms with van der Waals surface area (Å²) in [5.41, 5.74) is 2.06. The molecule has 1 N–H and O–H groups in total. The molecule has 0 saturated carbocycles. The van der Waals surface area contributed by atoms with Crippen LogP contribution in [0.3, 0.4) is 0 Å². The molecule has 0 aromatic heterocycles. The van der Waals surface area contributed by atoms with E-state index >= 15 is 0 Å². The number of nitrogens with one attached hydrogen (secondary N) is 1. The minimum atomic E-state index is -0.261. The monoisotopic (exact) mass is 304 g/mol. The Bertz CT molecular complexity index is 656. The summed E-state index contributed by atoms with van der Waals surface area (Å²) in [7, 11) is 5.36. The van der Waals surface area contributed by atoms with Crippen LogP contribution in [0, 0.1) is 0 Å². The lowest BCUT2D eigenvalue weighted by atomic mass is 10.1. The molecule has 1 amide bonds. The second-order valence-electron chi connectivity index (χ2n) is 4.71. The fraction of sp³-hybridized carbons (Fsp3) is 0.188. The van der Waals surface area contributed by atoms with Gasteiger partial charge >= 0.3 is 0 Å². The first-order chi connectivity index (χ1) is 10.0. The maximum absolute atomic E-state index is 12.5. The van der Waals surface area contributed by atoms with Crippen molar-refractivity contribution in [3.8, 4) is 5.75 Å². The van der Waals surface area contributed by atoms with Crippen molar-refractivity contribution >= 4 is 28.9 Å². The first-order valence-corrected chi connectivity index (χ1v) is 6.82. The molecule has 2 aromatic carbocycles. The summed E-state index contributed by atoms with van der Waals surface area (Å²) >= 11 is 5.96. The van der Waals surface area contributed by atoms with E-state index in [9.17, 15) is 4.79 Å². The van der Waals surface area contributed by atoms with Gasteiger partial charge in [-0.2, -0.15) is 0 Å². The van der Waals surface area contributed by atoms with Crippen LogP contribution in [0.2, 0.25) is 5.02 Å². The van der Waals surface area contributed by atoms with Gasteiger partial charge in [-0.15, -0.1) is 0 Å². The number of methoxy groups -OCH3 is 1. The van der Waals surface area contributed by atoms with Crippen molar-refractivity contribution in [2.24, 2.45) is 0 Å². The Balaban J connectivity index is 2.33. The van der Waals surface area contributed by atoms with E-state index in [4.69, 9.17) is 16.3 Å². The van der Waals surface area contributed by atoms with Gasteiger partial charge in [0, 0.05) is 19.1 Å². The Morgan fingerprint density at radius 1 is 1.19 bits per heavy atom. The van der Waals surface area contributed by atoms with Crippen LogP contribution in [0.4, 0.5) is 11.4 Å². The summed E-state index contributed by atoms with van der Waals surface area (Å²) in [4.78, 5) is 14.4. The van der Waals surface area contributed by atoms with Crippen LogP contribution in [0.15, 0.2) is 42.5 Å². The van der Waals surface area contributed by atoms with Gasteiger partial charge in [0.1, 0.15) is 5.75 Å². The fourth-order valence-electron chi connectivity index (χ4n) is 2.02. The fourth-order valence-corrected chi connectivity index (χ4v) is 2.19. The third-order valence-electron chi connectivity index (χ3n) is 3.04. The molecule has 4 nitrogen and oxygen atoms in total. The quantitative estimate of drug-likeness (QED) is 0.937. The van der Waals surface area contributed by atoms with Crippen LogP contribution in [-0.2, 0) is 0 Å². The van der Waals surface area contributed by atoms with Gasteiger partial charge in [-0.1, -0.05) is 23.7 Å². The summed E-state index contributed by atoms with van der Waals surface area (Å²) in [6, 6.07) is 12.5. The zero-order valence-electron chi connectivity index (χ0n) is 12.2. The largest absolute Gasteiger partial charge is 0.496 e. The average Bonchev–Trinajstić information content (AvgIpc) is 2.47. The number of hydrogen-bond acceptors (Lipinski definition) is 3. The number of nitrogens with zero attached hydrogens (tertiary/aromatic N) is 1. The molecular formula is C16H17ClN2O2. The molecule has 2 rings (SSSR count). The smallest absolute Gasteiger partial charge is 0.259 e. The van der Waals surface area contributed by atoms with Crippen molar-refractivity contribution < 1.29 is 9.53 Å². The summed E-state index contributed by atoms with van der Waals surface area (Å²) < 4.78 is 5.21. The summed E-state index contributed by atoms with van der Waals surface area (Å²) in [5, 5.41) is 3.38. The van der Waals surface area contributed by atoms with Crippen molar-refractivity contribution in [3.63, 3.8) is 0 Å². The topological polar surface area (TPSA) is 41.6 Å². The van der Waals surface area contributed by atoms with E-state index < -0.39 is 0 Å². The summed E-state index contributed by atoms with van der Waals surface area (Å²) in [6.45, 7) is 0. The number of anilines is 2. The maximum atomic E-state index is 12.5. The third-order valence-corrected chi connectivity index (χ3v) is 3.28. The third kappa shape index (κ3) is 3.47. The molecule has 0 radical (unpaired) electrons. The molecule has 0 fully saturated rings. The molecule has 0 atom stereocenters. The number of rotatable bonds is 4. The molecule has 2 aromatic rings. The molecule has 0 saturated heterocycles. The highest BCUT2D eigenvalue weighted by atomic mass is 35.5. The van der Waals surface area contributed by atoms with E-state index in [-0.39, 0.29) is 5.91 Å². The van der Waals surface area contributed by atoms with Gasteiger partial charge in [-0.3, -0.25) is 4.79 Å². The van der Waals surface area contributed by atoms with E-state index in [1.54, 1.807) is 18.2 Å². The highest BCUT2D eigenvalue weighted by Gasteiger charge is 2.15. The second-order valence-corrected chi connectivity index (χ2v) is 5.15. The lowest BCUT2D eigenvalue weighted by Gasteiger charge is -2.18. The van der Waals surface area contributed by atoms with Crippen molar-refractivity contribution in [2.75, 3.05) is 31.4 Å². The normalized spacial score (nSPS) is 10.1. The minimum absolute atomic E-state index is 0.261. The predicted octanol–water partition coefficient (Wildman–Crippen LogP) is 3.67. The van der Waals surface area contributed by atoms with Crippen LogP contribution in [-0.4, -0.2) is 27.1 Å². The number of benzene rings is 2. The average molecular weight is 305 g/mol. The van der Waals surface area contributed by atoms with E-state index in [2.05, 4.69) is 5.32 Å². The van der Waals surface area contributed by atoms with Crippen LogP contribution >= 0.6 is 11.6 Å². The first-order valence-electron chi connectivity index (χ1n) is 6.44. The Morgan fingerprint density at radius 2 is 1.90 bits per heavy atom. The lowest BCUT2D eigenvalue weighted by molar-refractivity contribution is 0.102. The number of carbonyl (C=O) groups excluding carboxylic acids is 1. The number of para-hydroxylation sites is 2. The highest BCUT2D eigenvalue weighted by molar-refractivity contribution is 6.31. The molecule has 5 heteroatoms. The Hall–Kier alpha value is -2.20. The van der Waals surface area contributed by atoms with Crippen LogP contribution < -0.4 is 15.0 Å². The van der Waals surface area contributed by atoms with Crippen LogP contribution in [0.25, 0.3) is 0 Å². The predicted molar refractivity (Wildman–Crippen MR) is 86.7 cm³/mol. The van der Waals surface area contributed by atoms with E-state index in [0.29, 0.717) is 16.3 Å². The van der Waals surface area contributed by atoms with E-state index in [1.807, 2.05) is 43.3 Å². The van der Waals surface area contributed by atoms with Gasteiger partial charge in [0.05, 0.1) is 24.0 Å². The maximum Gasteiger partial charge on any atom is 0.259 e. The highest BCUT2D eigenvalue weighted by Crippen LogP contribution is 2.27. The van der Waals surface area contributed by atoms with Gasteiger partial charge < -0.3 is 15.0 Å². The zero-order valence-corrected chi connectivity index (χ0v) is 12.9. The van der Waals surface area contributed by atoms with E-state index in [0.717, 1.165) is 11.4 Å². The lowest BCUT2D eigenvalue weighted by Crippen LogP contribution is -2.17. The second kappa shape index (κ2) is 6.50. The number of hydrogen-bond donors (Lipinski definition) is 1. The number of carbonyl (C=O) groups is 1. The molecule has 21 heavy (non-hydrogen) atoms. The first kappa shape index (κ1) is 15.2. The SMILES string of the molecule is COc1ccc(Cl)cc1C(=O)Nc1ccccc1N(C)C. The van der Waals surface area contributed by atoms with Crippen molar-refractivity contribution in [1.82, 2.24) is 0 Å². The van der Waals surface area contributed by atoms with E-state index in [1.165, 1.54) is 7.11 Å². The minimum Gasteiger partial charge on any atom is -0.496 e. The van der Waals surface area contributed by atoms with Gasteiger partial charge in [0.15, 0.2) is 0 Å². The number of amides is 1. The Labute approximate surface area is 129 Å². The molecule has 0 aliphatic rings. The van der Waals surface area contributed by atoms with Gasteiger partial charge in [0.2, 0.25) is 0 Å². The van der Waals surface area contributed by atoms with Crippen molar-refractivity contribution in [1.29, 1.82) is 0 Å². The molecule has 0 heterocycles. The summed E-state index contributed by atoms with van der Waals surface area (Å²) in [5.74, 6) is 0.225. The zero-order chi connectivity index (χ0) is 15.4. The van der Waals surface area contributed by atoms with Crippen LogP contribution in [0.5, 0.6) is 5.75 Å². The molecule has 0 aliphatic carbocycles. The van der Waals surface area contributed by atoms with Crippen molar-refractivity contribution in [3.05, 3.63) is 53.1 Å². The molecule has 110 valence electrons. The molecule has 0 spiro atoms. The molecular weight excluding hydrogens is 288 g/mol.